The molecule has 1 aliphatic heterocycles. The number of aromatic nitrogens is 2. The van der Waals surface area contributed by atoms with Crippen LogP contribution in [0.2, 0.25) is 0 Å². The number of rotatable bonds is 2. The van der Waals surface area contributed by atoms with Crippen LogP contribution < -0.4 is 16.6 Å². The molecule has 2 aromatic heterocycles. The lowest BCUT2D eigenvalue weighted by Gasteiger charge is -2.18. The van der Waals surface area contributed by atoms with Gasteiger partial charge in [-0.15, -0.1) is 0 Å². The number of pyridine rings is 1. The van der Waals surface area contributed by atoms with Crippen LogP contribution >= 0.6 is 0 Å². The van der Waals surface area contributed by atoms with Gasteiger partial charge in [0.1, 0.15) is 5.82 Å². The molecule has 0 saturated heterocycles. The van der Waals surface area contributed by atoms with Crippen LogP contribution in [-0.4, -0.2) is 20.9 Å². The first-order valence-corrected chi connectivity index (χ1v) is 7.94. The van der Waals surface area contributed by atoms with E-state index in [1.807, 2.05) is 5.32 Å². The van der Waals surface area contributed by atoms with Crippen molar-refractivity contribution < 1.29 is 22.8 Å². The zero-order chi connectivity index (χ0) is 20.2. The van der Waals surface area contributed by atoms with Crippen molar-refractivity contribution in [3.8, 4) is 11.4 Å². The molecule has 10 heteroatoms. The molecular formula is C18H11F3N4O3. The van der Waals surface area contributed by atoms with E-state index in [2.05, 4.69) is 0 Å². The number of alkyl halides is 3. The highest BCUT2D eigenvalue weighted by atomic mass is 19.4. The molecule has 1 aromatic carbocycles. The minimum atomic E-state index is -4.66. The third-order valence-corrected chi connectivity index (χ3v) is 4.38. The number of nitrogens with two attached hydrogens (primary N) is 1. The average molecular weight is 388 g/mol. The summed E-state index contributed by atoms with van der Waals surface area (Å²) < 4.78 is 42.1. The van der Waals surface area contributed by atoms with Crippen LogP contribution in [-0.2, 0) is 6.18 Å². The summed E-state index contributed by atoms with van der Waals surface area (Å²) in [5.41, 5.74) is 3.72. The summed E-state index contributed by atoms with van der Waals surface area (Å²) in [5.74, 6) is -2.02. The molecule has 7 nitrogen and oxygen atoms in total. The molecule has 0 atom stereocenters. The van der Waals surface area contributed by atoms with Crippen LogP contribution in [0.15, 0.2) is 53.6 Å². The second kappa shape index (κ2) is 5.84. The predicted octanol–water partition coefficient (Wildman–Crippen LogP) is 2.11. The van der Waals surface area contributed by atoms with E-state index < -0.39 is 34.9 Å². The number of nitrogens with one attached hydrogen (secondary N) is 1. The monoisotopic (exact) mass is 388 g/mol. The summed E-state index contributed by atoms with van der Waals surface area (Å²) >= 11 is 0. The summed E-state index contributed by atoms with van der Waals surface area (Å²) in [6.07, 6.45) is -1.50. The van der Waals surface area contributed by atoms with E-state index in [0.29, 0.717) is 0 Å². The third kappa shape index (κ3) is 2.57. The Morgan fingerprint density at radius 1 is 0.929 bits per heavy atom. The molecule has 0 bridgehead atoms. The number of nitrogens with zero attached hydrogens (tertiary/aromatic N) is 2. The van der Waals surface area contributed by atoms with Gasteiger partial charge in [-0.3, -0.25) is 24.3 Å². The number of hydrogen-bond donors (Lipinski definition) is 2. The number of halogens is 3. The van der Waals surface area contributed by atoms with Crippen molar-refractivity contribution in [3.05, 3.63) is 75.8 Å². The number of carbonyl (C=O) groups excluding carboxylic acids is 2. The average Bonchev–Trinajstić information content (AvgIpc) is 3.23. The summed E-state index contributed by atoms with van der Waals surface area (Å²) in [6.45, 7) is 0. The van der Waals surface area contributed by atoms with Crippen LogP contribution in [0, 0.1) is 0 Å². The van der Waals surface area contributed by atoms with Gasteiger partial charge in [-0.25, -0.2) is 0 Å². The molecule has 0 unspecified atom stereocenters. The Labute approximate surface area is 154 Å². The SMILES string of the molecule is Nc1c2c(cc(=O)n1-c1cc(C(F)(F)F)ccc1-n1cccc1)C(=O)NC2=O. The van der Waals surface area contributed by atoms with Crippen molar-refractivity contribution in [2.75, 3.05) is 5.73 Å². The Balaban J connectivity index is 2.07. The zero-order valence-corrected chi connectivity index (χ0v) is 13.9. The van der Waals surface area contributed by atoms with Gasteiger partial charge in [0.15, 0.2) is 0 Å². The summed E-state index contributed by atoms with van der Waals surface area (Å²) in [7, 11) is 0. The smallest absolute Gasteiger partial charge is 0.384 e. The molecule has 0 fully saturated rings. The Kier molecular flexibility index (Phi) is 3.67. The Morgan fingerprint density at radius 2 is 1.61 bits per heavy atom. The normalized spacial score (nSPS) is 13.5. The number of benzene rings is 1. The quantitative estimate of drug-likeness (QED) is 0.657. The highest BCUT2D eigenvalue weighted by Crippen LogP contribution is 2.34. The number of hydrogen-bond acceptors (Lipinski definition) is 4. The summed E-state index contributed by atoms with van der Waals surface area (Å²) in [5, 5.41) is 2.01. The Morgan fingerprint density at radius 3 is 2.25 bits per heavy atom. The topological polar surface area (TPSA) is 99.1 Å². The van der Waals surface area contributed by atoms with Crippen LogP contribution in [0.4, 0.5) is 19.0 Å². The number of fused-ring (bicyclic) bond motifs is 1. The molecule has 3 aromatic rings. The van der Waals surface area contributed by atoms with Crippen LogP contribution in [0.3, 0.4) is 0 Å². The van der Waals surface area contributed by atoms with Crippen molar-refractivity contribution in [1.82, 2.24) is 14.5 Å². The molecule has 3 N–H and O–H groups in total. The molecule has 1 aliphatic rings. The van der Waals surface area contributed by atoms with E-state index in [9.17, 15) is 27.6 Å². The fourth-order valence-electron chi connectivity index (χ4n) is 3.12. The number of nitrogen functional groups attached to an aromatic ring is 1. The third-order valence-electron chi connectivity index (χ3n) is 4.38. The van der Waals surface area contributed by atoms with Gasteiger partial charge >= 0.3 is 6.18 Å². The van der Waals surface area contributed by atoms with Gasteiger partial charge in [-0.2, -0.15) is 13.2 Å². The van der Waals surface area contributed by atoms with E-state index in [-0.39, 0.29) is 22.5 Å². The van der Waals surface area contributed by atoms with Gasteiger partial charge in [0.05, 0.1) is 28.1 Å². The summed E-state index contributed by atoms with van der Waals surface area (Å²) in [6, 6.07) is 7.04. The lowest BCUT2D eigenvalue weighted by atomic mass is 10.1. The van der Waals surface area contributed by atoms with Gasteiger partial charge in [-0.05, 0) is 30.3 Å². The highest BCUT2D eigenvalue weighted by Gasteiger charge is 2.34. The fraction of sp³-hybridized carbons (Fsp3) is 0.0556. The Hall–Kier alpha value is -3.82. The fourth-order valence-corrected chi connectivity index (χ4v) is 3.12. The molecule has 0 radical (unpaired) electrons. The molecule has 2 amide bonds. The van der Waals surface area contributed by atoms with Crippen molar-refractivity contribution in [1.29, 1.82) is 0 Å². The number of amides is 2. The van der Waals surface area contributed by atoms with E-state index in [4.69, 9.17) is 5.73 Å². The standard InChI is InChI=1S/C18H11F3N4O3/c19-18(20,21)9-3-4-11(24-5-1-2-6-24)12(7-9)25-13(26)8-10-14(15(25)22)17(28)23-16(10)27/h1-8H,22H2,(H,23,27,28). The van der Waals surface area contributed by atoms with Gasteiger partial charge in [0, 0.05) is 18.5 Å². The van der Waals surface area contributed by atoms with Crippen molar-refractivity contribution >= 4 is 17.6 Å². The first-order valence-electron chi connectivity index (χ1n) is 7.94. The first-order chi connectivity index (χ1) is 13.2. The van der Waals surface area contributed by atoms with Crippen molar-refractivity contribution in [2.24, 2.45) is 0 Å². The molecular weight excluding hydrogens is 377 g/mol. The highest BCUT2D eigenvalue weighted by molar-refractivity contribution is 6.23. The van der Waals surface area contributed by atoms with E-state index in [1.54, 1.807) is 24.5 Å². The molecule has 0 saturated carbocycles. The number of carbonyl (C=O) groups is 2. The van der Waals surface area contributed by atoms with Gasteiger partial charge in [0.2, 0.25) is 0 Å². The van der Waals surface area contributed by atoms with Crippen LogP contribution in [0.25, 0.3) is 11.4 Å². The number of imide groups is 1. The predicted molar refractivity (Wildman–Crippen MR) is 92.6 cm³/mol. The van der Waals surface area contributed by atoms with Gasteiger partial charge in [0.25, 0.3) is 17.4 Å². The molecule has 4 rings (SSSR count). The van der Waals surface area contributed by atoms with Gasteiger partial charge < -0.3 is 10.3 Å². The molecule has 0 aliphatic carbocycles. The van der Waals surface area contributed by atoms with Crippen molar-refractivity contribution in [3.63, 3.8) is 0 Å². The molecule has 3 heterocycles. The van der Waals surface area contributed by atoms with Crippen LogP contribution in [0.1, 0.15) is 26.3 Å². The van der Waals surface area contributed by atoms with Crippen LogP contribution in [0.5, 0.6) is 0 Å². The second-order valence-electron chi connectivity index (χ2n) is 6.07. The minimum absolute atomic E-state index is 0.177. The lowest BCUT2D eigenvalue weighted by molar-refractivity contribution is -0.137. The van der Waals surface area contributed by atoms with E-state index in [1.165, 1.54) is 10.6 Å². The summed E-state index contributed by atoms with van der Waals surface area (Å²) in [4.78, 5) is 36.4. The lowest BCUT2D eigenvalue weighted by Crippen LogP contribution is -2.25. The molecule has 28 heavy (non-hydrogen) atoms. The Bertz CT molecular complexity index is 1190. The van der Waals surface area contributed by atoms with Gasteiger partial charge in [-0.1, -0.05) is 0 Å². The zero-order valence-electron chi connectivity index (χ0n) is 13.9. The van der Waals surface area contributed by atoms with E-state index >= 15 is 0 Å². The van der Waals surface area contributed by atoms with E-state index in [0.717, 1.165) is 22.8 Å². The largest absolute Gasteiger partial charge is 0.416 e. The van der Waals surface area contributed by atoms with Crippen molar-refractivity contribution in [2.45, 2.75) is 6.18 Å². The first kappa shape index (κ1) is 17.6. The molecule has 0 spiro atoms. The maximum Gasteiger partial charge on any atom is 0.416 e. The molecule has 142 valence electrons. The maximum absolute atomic E-state index is 13.3. The number of anilines is 1. The maximum atomic E-state index is 13.3. The minimum Gasteiger partial charge on any atom is -0.384 e. The second-order valence-corrected chi connectivity index (χ2v) is 6.07.